The Morgan fingerprint density at radius 2 is 1.83 bits per heavy atom. The number of amides is 1. The van der Waals surface area contributed by atoms with Gasteiger partial charge < -0.3 is 23.8 Å². The zero-order valence-electron chi connectivity index (χ0n) is 23.8. The van der Waals surface area contributed by atoms with Crippen molar-refractivity contribution >= 4 is 23.5 Å². The van der Waals surface area contributed by atoms with Crippen molar-refractivity contribution in [1.82, 2.24) is 4.90 Å². The van der Waals surface area contributed by atoms with Crippen molar-refractivity contribution in [3.05, 3.63) is 93.8 Å². The molecule has 222 valence electrons. The van der Waals surface area contributed by atoms with Gasteiger partial charge in [0.2, 0.25) is 0 Å². The minimum absolute atomic E-state index is 0.0146. The summed E-state index contributed by atoms with van der Waals surface area (Å²) in [6.45, 7) is 2.12. The topological polar surface area (TPSA) is 74.3 Å². The minimum atomic E-state index is -0.897. The summed E-state index contributed by atoms with van der Waals surface area (Å²) in [6, 6.07) is 16.6. The van der Waals surface area contributed by atoms with Crippen molar-refractivity contribution in [2.45, 2.75) is 70.4 Å². The monoisotopic (exact) mass is 595 g/mol. The third-order valence-electron chi connectivity index (χ3n) is 7.82. The lowest BCUT2D eigenvalue weighted by Gasteiger charge is -2.38. The zero-order valence-corrected chi connectivity index (χ0v) is 24.6. The first kappa shape index (κ1) is 29.9. The highest BCUT2D eigenvalue weighted by Crippen LogP contribution is 2.40. The maximum Gasteiger partial charge on any atom is 0.329 e. The lowest BCUT2D eigenvalue weighted by molar-refractivity contribution is -0.163. The first-order chi connectivity index (χ1) is 20.4. The van der Waals surface area contributed by atoms with E-state index in [9.17, 15) is 14.0 Å². The lowest BCUT2D eigenvalue weighted by atomic mass is 9.91. The average molecular weight is 596 g/mol. The maximum atomic E-state index is 14.3. The number of fused-ring (bicyclic) bond motifs is 1. The highest BCUT2D eigenvalue weighted by Gasteiger charge is 2.41. The van der Waals surface area contributed by atoms with Gasteiger partial charge in [0.1, 0.15) is 18.5 Å². The molecule has 42 heavy (non-hydrogen) atoms. The number of carbonyl (C=O) groups excluding carboxylic acids is 2. The molecular formula is C33H35ClFNO6. The fraction of sp³-hybridized carbons (Fsp3) is 0.394. The number of methoxy groups -OCH3 is 1. The van der Waals surface area contributed by atoms with Crippen LogP contribution in [0.5, 0.6) is 11.5 Å². The molecule has 1 aliphatic heterocycles. The van der Waals surface area contributed by atoms with Crippen LogP contribution in [0.3, 0.4) is 0 Å². The quantitative estimate of drug-likeness (QED) is 0.246. The number of ether oxygens (including phenoxy) is 4. The summed E-state index contributed by atoms with van der Waals surface area (Å²) in [5.74, 6) is -0.417. The minimum Gasteiger partial charge on any atom is -0.493 e. The first-order valence-corrected chi connectivity index (χ1v) is 14.7. The molecule has 1 saturated carbocycles. The van der Waals surface area contributed by atoms with Crippen LogP contribution in [0.25, 0.3) is 0 Å². The molecule has 2 atom stereocenters. The molecule has 0 saturated heterocycles. The summed E-state index contributed by atoms with van der Waals surface area (Å²) in [6.07, 6.45) is 3.23. The van der Waals surface area contributed by atoms with E-state index in [2.05, 4.69) is 0 Å². The fourth-order valence-corrected chi connectivity index (χ4v) is 5.79. The molecule has 0 spiro atoms. The molecule has 0 aromatic heterocycles. The molecule has 1 heterocycles. The molecule has 7 nitrogen and oxygen atoms in total. The SMILES string of the molecule is CCOC(=O)C1Cc2c(ccc(OC)c2OCc2ccc(Cl)c(F)c2)CN1C(=O)C(OC1CCCC1)c1ccccc1. The predicted octanol–water partition coefficient (Wildman–Crippen LogP) is 6.58. The van der Waals surface area contributed by atoms with Gasteiger partial charge >= 0.3 is 5.97 Å². The van der Waals surface area contributed by atoms with Gasteiger partial charge in [-0.05, 0) is 54.7 Å². The Labute approximate surface area is 250 Å². The fourth-order valence-electron chi connectivity index (χ4n) is 5.68. The van der Waals surface area contributed by atoms with Crippen molar-refractivity contribution in [2.24, 2.45) is 0 Å². The number of hydrogen-bond donors (Lipinski definition) is 0. The summed E-state index contributed by atoms with van der Waals surface area (Å²) in [5, 5.41) is 0.0289. The number of rotatable bonds is 10. The third-order valence-corrected chi connectivity index (χ3v) is 8.13. The van der Waals surface area contributed by atoms with E-state index in [0.717, 1.165) is 42.4 Å². The Morgan fingerprint density at radius 3 is 2.52 bits per heavy atom. The van der Waals surface area contributed by atoms with Gasteiger partial charge in [-0.1, -0.05) is 66.9 Å². The van der Waals surface area contributed by atoms with Crippen LogP contribution >= 0.6 is 11.6 Å². The molecule has 3 aromatic carbocycles. The van der Waals surface area contributed by atoms with Crippen LogP contribution in [0.1, 0.15) is 61.0 Å². The Morgan fingerprint density at radius 1 is 1.07 bits per heavy atom. The van der Waals surface area contributed by atoms with Gasteiger partial charge in [0.25, 0.3) is 5.91 Å². The van der Waals surface area contributed by atoms with Crippen LogP contribution in [0.4, 0.5) is 4.39 Å². The number of carbonyl (C=O) groups is 2. The van der Waals surface area contributed by atoms with Crippen LogP contribution in [-0.4, -0.2) is 42.6 Å². The van der Waals surface area contributed by atoms with E-state index < -0.39 is 23.9 Å². The van der Waals surface area contributed by atoms with Crippen LogP contribution in [0.15, 0.2) is 60.7 Å². The van der Waals surface area contributed by atoms with E-state index in [1.54, 1.807) is 24.0 Å². The van der Waals surface area contributed by atoms with Gasteiger partial charge in [0.15, 0.2) is 17.6 Å². The van der Waals surface area contributed by atoms with Crippen LogP contribution in [0.2, 0.25) is 5.02 Å². The zero-order chi connectivity index (χ0) is 29.6. The summed E-state index contributed by atoms with van der Waals surface area (Å²) in [7, 11) is 1.53. The molecule has 0 radical (unpaired) electrons. The molecule has 5 rings (SSSR count). The number of esters is 1. The summed E-state index contributed by atoms with van der Waals surface area (Å²) in [4.78, 5) is 29.2. The normalized spacial score (nSPS) is 17.4. The molecule has 0 N–H and O–H groups in total. The Kier molecular flexibility index (Phi) is 9.65. The van der Waals surface area contributed by atoms with Crippen molar-refractivity contribution in [3.8, 4) is 11.5 Å². The predicted molar refractivity (Wildman–Crippen MR) is 156 cm³/mol. The van der Waals surface area contributed by atoms with Crippen LogP contribution < -0.4 is 9.47 Å². The molecular weight excluding hydrogens is 561 g/mol. The Balaban J connectivity index is 1.48. The molecule has 2 aliphatic rings. The summed E-state index contributed by atoms with van der Waals surface area (Å²) < 4.78 is 37.7. The largest absolute Gasteiger partial charge is 0.493 e. The van der Waals surface area contributed by atoms with Crippen molar-refractivity contribution in [3.63, 3.8) is 0 Å². The molecule has 3 aromatic rings. The number of hydrogen-bond acceptors (Lipinski definition) is 6. The molecule has 9 heteroatoms. The lowest BCUT2D eigenvalue weighted by Crippen LogP contribution is -2.51. The molecule has 1 fully saturated rings. The maximum absolute atomic E-state index is 14.3. The average Bonchev–Trinajstić information content (AvgIpc) is 3.53. The second-order valence-corrected chi connectivity index (χ2v) is 11.0. The second-order valence-electron chi connectivity index (χ2n) is 10.5. The van der Waals surface area contributed by atoms with Crippen LogP contribution in [-0.2, 0) is 38.6 Å². The third kappa shape index (κ3) is 6.55. The Bertz CT molecular complexity index is 1410. The van der Waals surface area contributed by atoms with E-state index in [1.165, 1.54) is 19.2 Å². The van der Waals surface area contributed by atoms with Gasteiger partial charge in [-0.2, -0.15) is 0 Å². The number of benzene rings is 3. The molecule has 0 bridgehead atoms. The molecule has 1 aliphatic carbocycles. The van der Waals surface area contributed by atoms with E-state index >= 15 is 0 Å². The van der Waals surface area contributed by atoms with E-state index in [0.29, 0.717) is 17.1 Å². The smallest absolute Gasteiger partial charge is 0.329 e. The summed E-state index contributed by atoms with van der Waals surface area (Å²) in [5.41, 5.74) is 2.88. The Hall–Kier alpha value is -3.62. The summed E-state index contributed by atoms with van der Waals surface area (Å²) >= 11 is 5.84. The highest BCUT2D eigenvalue weighted by atomic mass is 35.5. The molecule has 1 amide bonds. The van der Waals surface area contributed by atoms with Crippen molar-refractivity contribution < 1.29 is 32.9 Å². The standard InChI is InChI=1S/C33H35ClFNO6/c1-3-40-33(38)28-18-25-23(14-16-29(39-2)31(25)41-20-21-13-15-26(34)27(35)17-21)19-36(28)32(37)30(22-9-5-4-6-10-22)42-24-11-7-8-12-24/h4-6,9-10,13-17,24,28,30H,3,7-8,11-12,18-20H2,1-2H3. The van der Waals surface area contributed by atoms with Gasteiger partial charge in [-0.25, -0.2) is 9.18 Å². The van der Waals surface area contributed by atoms with Gasteiger partial charge in [-0.3, -0.25) is 4.79 Å². The van der Waals surface area contributed by atoms with Gasteiger partial charge in [-0.15, -0.1) is 0 Å². The van der Waals surface area contributed by atoms with E-state index in [4.69, 9.17) is 30.5 Å². The van der Waals surface area contributed by atoms with E-state index in [-0.39, 0.29) is 43.2 Å². The van der Waals surface area contributed by atoms with Gasteiger partial charge in [0.05, 0.1) is 24.8 Å². The van der Waals surface area contributed by atoms with Crippen LogP contribution in [0, 0.1) is 5.82 Å². The van der Waals surface area contributed by atoms with Gasteiger partial charge in [0, 0.05) is 18.5 Å². The number of halogens is 2. The van der Waals surface area contributed by atoms with Crippen molar-refractivity contribution in [1.29, 1.82) is 0 Å². The molecule has 2 unspecified atom stereocenters. The van der Waals surface area contributed by atoms with E-state index in [1.807, 2.05) is 36.4 Å². The number of nitrogens with zero attached hydrogens (tertiary/aromatic N) is 1. The van der Waals surface area contributed by atoms with Crippen molar-refractivity contribution in [2.75, 3.05) is 13.7 Å². The highest BCUT2D eigenvalue weighted by molar-refractivity contribution is 6.30. The second kappa shape index (κ2) is 13.6. The first-order valence-electron chi connectivity index (χ1n) is 14.3.